The molecule has 0 saturated heterocycles. The first-order valence-corrected chi connectivity index (χ1v) is 7.68. The van der Waals surface area contributed by atoms with E-state index in [1.165, 1.54) is 5.56 Å². The van der Waals surface area contributed by atoms with Gasteiger partial charge < -0.3 is 10.1 Å². The molecule has 0 fully saturated rings. The normalized spacial score (nSPS) is 10.9. The monoisotopic (exact) mass is 303 g/mol. The summed E-state index contributed by atoms with van der Waals surface area (Å²) in [6.45, 7) is 6.93. The van der Waals surface area contributed by atoms with E-state index in [4.69, 9.17) is 16.3 Å². The third kappa shape index (κ3) is 5.78. The van der Waals surface area contributed by atoms with Gasteiger partial charge in [-0.2, -0.15) is 0 Å². The first-order valence-electron chi connectivity index (χ1n) is 7.30. The average Bonchev–Trinajstić information content (AvgIpc) is 2.46. The zero-order valence-corrected chi connectivity index (χ0v) is 13.4. The SMILES string of the molecule is CC(C)CNCc1ccc(COc2cccc(Cl)c2)cc1. The molecule has 2 aromatic rings. The van der Waals surface area contributed by atoms with Crippen molar-refractivity contribution in [3.05, 3.63) is 64.7 Å². The van der Waals surface area contributed by atoms with E-state index in [1.807, 2.05) is 24.3 Å². The highest BCUT2D eigenvalue weighted by Crippen LogP contribution is 2.18. The van der Waals surface area contributed by atoms with Crippen LogP contribution in [0.2, 0.25) is 5.02 Å². The molecule has 0 heterocycles. The molecule has 0 amide bonds. The molecule has 112 valence electrons. The zero-order valence-electron chi connectivity index (χ0n) is 12.6. The fraction of sp³-hybridized carbons (Fsp3) is 0.333. The lowest BCUT2D eigenvalue weighted by Gasteiger charge is -2.09. The first-order chi connectivity index (χ1) is 10.1. The Morgan fingerprint density at radius 1 is 1.05 bits per heavy atom. The van der Waals surface area contributed by atoms with E-state index in [9.17, 15) is 0 Å². The van der Waals surface area contributed by atoms with E-state index < -0.39 is 0 Å². The van der Waals surface area contributed by atoms with Crippen LogP contribution in [-0.4, -0.2) is 6.54 Å². The molecule has 0 atom stereocenters. The summed E-state index contributed by atoms with van der Waals surface area (Å²) in [5, 5.41) is 4.13. The van der Waals surface area contributed by atoms with Crippen LogP contribution >= 0.6 is 11.6 Å². The van der Waals surface area contributed by atoms with Gasteiger partial charge >= 0.3 is 0 Å². The molecule has 0 aromatic heterocycles. The molecule has 3 heteroatoms. The van der Waals surface area contributed by atoms with Crippen LogP contribution in [0.5, 0.6) is 5.75 Å². The largest absolute Gasteiger partial charge is 0.489 e. The second-order valence-electron chi connectivity index (χ2n) is 5.59. The molecule has 0 spiro atoms. The third-order valence-electron chi connectivity index (χ3n) is 3.11. The Morgan fingerprint density at radius 2 is 1.76 bits per heavy atom. The molecule has 2 aromatic carbocycles. The van der Waals surface area contributed by atoms with Crippen molar-refractivity contribution in [2.24, 2.45) is 5.92 Å². The van der Waals surface area contributed by atoms with Crippen LogP contribution in [0.25, 0.3) is 0 Å². The van der Waals surface area contributed by atoms with E-state index in [2.05, 4.69) is 43.4 Å². The fourth-order valence-electron chi connectivity index (χ4n) is 1.98. The molecule has 0 aliphatic carbocycles. The van der Waals surface area contributed by atoms with Crippen molar-refractivity contribution in [3.8, 4) is 5.75 Å². The summed E-state index contributed by atoms with van der Waals surface area (Å²) in [5.41, 5.74) is 2.45. The van der Waals surface area contributed by atoms with Gasteiger partial charge in [0.25, 0.3) is 0 Å². The van der Waals surface area contributed by atoms with Gasteiger partial charge in [-0.25, -0.2) is 0 Å². The molecular formula is C18H22ClNO. The predicted molar refractivity (Wildman–Crippen MR) is 88.8 cm³/mol. The van der Waals surface area contributed by atoms with Gasteiger partial charge in [-0.1, -0.05) is 55.8 Å². The average molecular weight is 304 g/mol. The minimum atomic E-state index is 0.556. The van der Waals surface area contributed by atoms with Gasteiger partial charge in [0.05, 0.1) is 0 Å². The van der Waals surface area contributed by atoms with Crippen molar-refractivity contribution in [2.45, 2.75) is 27.0 Å². The maximum atomic E-state index is 5.93. The summed E-state index contributed by atoms with van der Waals surface area (Å²) in [7, 11) is 0. The maximum absolute atomic E-state index is 5.93. The molecule has 2 rings (SSSR count). The fourth-order valence-corrected chi connectivity index (χ4v) is 2.16. The second-order valence-corrected chi connectivity index (χ2v) is 6.02. The lowest BCUT2D eigenvalue weighted by atomic mass is 10.1. The van der Waals surface area contributed by atoms with Crippen LogP contribution in [0.3, 0.4) is 0 Å². The minimum absolute atomic E-state index is 0.556. The number of benzene rings is 2. The van der Waals surface area contributed by atoms with Crippen LogP contribution in [0.1, 0.15) is 25.0 Å². The van der Waals surface area contributed by atoms with Crippen molar-refractivity contribution in [2.75, 3.05) is 6.54 Å². The molecule has 0 unspecified atom stereocenters. The molecule has 1 N–H and O–H groups in total. The molecule has 2 nitrogen and oxygen atoms in total. The Balaban J connectivity index is 1.82. The van der Waals surface area contributed by atoms with Crippen LogP contribution < -0.4 is 10.1 Å². The summed E-state index contributed by atoms with van der Waals surface area (Å²) >= 11 is 5.93. The van der Waals surface area contributed by atoms with Crippen molar-refractivity contribution in [3.63, 3.8) is 0 Å². The van der Waals surface area contributed by atoms with Gasteiger partial charge in [-0.15, -0.1) is 0 Å². The van der Waals surface area contributed by atoms with Crippen molar-refractivity contribution in [1.29, 1.82) is 0 Å². The highest BCUT2D eigenvalue weighted by molar-refractivity contribution is 6.30. The zero-order chi connectivity index (χ0) is 15.1. The smallest absolute Gasteiger partial charge is 0.121 e. The van der Waals surface area contributed by atoms with E-state index >= 15 is 0 Å². The summed E-state index contributed by atoms with van der Waals surface area (Å²) in [6.07, 6.45) is 0. The predicted octanol–water partition coefficient (Wildman–Crippen LogP) is 4.66. The Bertz CT molecular complexity index is 551. The highest BCUT2D eigenvalue weighted by Gasteiger charge is 1.99. The van der Waals surface area contributed by atoms with Crippen molar-refractivity contribution >= 4 is 11.6 Å². The first kappa shape index (κ1) is 15.9. The van der Waals surface area contributed by atoms with E-state index in [1.54, 1.807) is 0 Å². The Labute approximate surface area is 132 Å². The Morgan fingerprint density at radius 3 is 2.43 bits per heavy atom. The molecule has 0 radical (unpaired) electrons. The van der Waals surface area contributed by atoms with Crippen LogP contribution in [0, 0.1) is 5.92 Å². The quantitative estimate of drug-likeness (QED) is 0.803. The van der Waals surface area contributed by atoms with Crippen LogP contribution in [0.15, 0.2) is 48.5 Å². The maximum Gasteiger partial charge on any atom is 0.121 e. The van der Waals surface area contributed by atoms with Crippen molar-refractivity contribution in [1.82, 2.24) is 5.32 Å². The number of ether oxygens (including phenoxy) is 1. The number of hydrogen-bond acceptors (Lipinski definition) is 2. The summed E-state index contributed by atoms with van der Waals surface area (Å²) in [6, 6.07) is 16.0. The topological polar surface area (TPSA) is 21.3 Å². The lowest BCUT2D eigenvalue weighted by Crippen LogP contribution is -2.18. The van der Waals surface area contributed by atoms with Crippen LogP contribution in [0.4, 0.5) is 0 Å². The summed E-state index contributed by atoms with van der Waals surface area (Å²) in [4.78, 5) is 0. The second kappa shape index (κ2) is 8.06. The van der Waals surface area contributed by atoms with Gasteiger partial charge in [0.1, 0.15) is 12.4 Å². The molecular weight excluding hydrogens is 282 g/mol. The van der Waals surface area contributed by atoms with Gasteiger partial charge in [-0.05, 0) is 41.8 Å². The molecule has 0 saturated carbocycles. The van der Waals surface area contributed by atoms with E-state index in [0.29, 0.717) is 17.5 Å². The van der Waals surface area contributed by atoms with E-state index in [0.717, 1.165) is 24.4 Å². The number of rotatable bonds is 7. The van der Waals surface area contributed by atoms with Gasteiger partial charge in [0, 0.05) is 11.6 Å². The Hall–Kier alpha value is -1.51. The molecule has 0 bridgehead atoms. The van der Waals surface area contributed by atoms with Gasteiger partial charge in [-0.3, -0.25) is 0 Å². The van der Waals surface area contributed by atoms with Gasteiger partial charge in [0.15, 0.2) is 0 Å². The number of halogens is 1. The van der Waals surface area contributed by atoms with Crippen molar-refractivity contribution < 1.29 is 4.74 Å². The van der Waals surface area contributed by atoms with E-state index in [-0.39, 0.29) is 0 Å². The number of nitrogens with one attached hydrogen (secondary N) is 1. The minimum Gasteiger partial charge on any atom is -0.489 e. The summed E-state index contributed by atoms with van der Waals surface area (Å²) < 4.78 is 5.73. The number of hydrogen-bond donors (Lipinski definition) is 1. The Kier molecular flexibility index (Phi) is 6.09. The highest BCUT2D eigenvalue weighted by atomic mass is 35.5. The standard InChI is InChI=1S/C18H22ClNO/c1-14(2)11-20-12-15-6-8-16(9-7-15)13-21-18-5-3-4-17(19)10-18/h3-10,14,20H,11-13H2,1-2H3. The lowest BCUT2D eigenvalue weighted by molar-refractivity contribution is 0.306. The van der Waals surface area contributed by atoms with Gasteiger partial charge in [0.2, 0.25) is 0 Å². The molecule has 21 heavy (non-hydrogen) atoms. The summed E-state index contributed by atoms with van der Waals surface area (Å²) in [5.74, 6) is 1.47. The third-order valence-corrected chi connectivity index (χ3v) is 3.34. The van der Waals surface area contributed by atoms with Crippen LogP contribution in [-0.2, 0) is 13.2 Å². The molecule has 0 aliphatic heterocycles. The molecule has 0 aliphatic rings.